The lowest BCUT2D eigenvalue weighted by molar-refractivity contribution is 0.694. The van der Waals surface area contributed by atoms with Crippen LogP contribution in [0.15, 0.2) is 54.7 Å². The fourth-order valence-corrected chi connectivity index (χ4v) is 2.58. The van der Waals surface area contributed by atoms with Gasteiger partial charge >= 0.3 is 0 Å². The first-order chi connectivity index (χ1) is 8.45. The van der Waals surface area contributed by atoms with Crippen molar-refractivity contribution in [1.82, 2.24) is 4.98 Å². The summed E-state index contributed by atoms with van der Waals surface area (Å²) in [5, 5.41) is 0. The molecule has 0 saturated carbocycles. The van der Waals surface area contributed by atoms with Crippen LogP contribution >= 0.6 is 0 Å². The van der Waals surface area contributed by atoms with Crippen LogP contribution in [0.4, 0.5) is 5.69 Å². The van der Waals surface area contributed by atoms with E-state index in [2.05, 4.69) is 52.3 Å². The van der Waals surface area contributed by atoms with Gasteiger partial charge in [0.05, 0.1) is 11.7 Å². The molecule has 1 aromatic heterocycles. The number of nitrogens with zero attached hydrogens (tertiary/aromatic N) is 2. The molecule has 17 heavy (non-hydrogen) atoms. The number of benzene rings is 1. The van der Waals surface area contributed by atoms with Gasteiger partial charge in [0, 0.05) is 18.4 Å². The minimum Gasteiger partial charge on any atom is -0.363 e. The van der Waals surface area contributed by atoms with Crippen LogP contribution in [-0.2, 0) is 0 Å². The monoisotopic (exact) mass is 224 g/mol. The largest absolute Gasteiger partial charge is 0.363 e. The SMILES string of the molecule is c1ccc(N2CCC[C@H]2c2ccccn2)cc1. The van der Waals surface area contributed by atoms with Gasteiger partial charge in [0.2, 0.25) is 0 Å². The lowest BCUT2D eigenvalue weighted by Crippen LogP contribution is -2.22. The summed E-state index contributed by atoms with van der Waals surface area (Å²) in [5.41, 5.74) is 2.49. The molecule has 0 radical (unpaired) electrons. The van der Waals surface area contributed by atoms with Crippen LogP contribution in [0.5, 0.6) is 0 Å². The number of rotatable bonds is 2. The Kier molecular flexibility index (Phi) is 2.78. The Balaban J connectivity index is 1.91. The van der Waals surface area contributed by atoms with Gasteiger partial charge in [-0.05, 0) is 37.1 Å². The number of para-hydroxylation sites is 1. The van der Waals surface area contributed by atoms with Gasteiger partial charge in [0.15, 0.2) is 0 Å². The Morgan fingerprint density at radius 2 is 1.82 bits per heavy atom. The van der Waals surface area contributed by atoms with E-state index >= 15 is 0 Å². The van der Waals surface area contributed by atoms with E-state index < -0.39 is 0 Å². The first-order valence-corrected chi connectivity index (χ1v) is 6.18. The van der Waals surface area contributed by atoms with Gasteiger partial charge in [-0.2, -0.15) is 0 Å². The van der Waals surface area contributed by atoms with Crippen molar-refractivity contribution < 1.29 is 0 Å². The van der Waals surface area contributed by atoms with E-state index in [9.17, 15) is 0 Å². The fraction of sp³-hybridized carbons (Fsp3) is 0.267. The van der Waals surface area contributed by atoms with Crippen molar-refractivity contribution >= 4 is 5.69 Å². The molecule has 2 heteroatoms. The molecule has 0 unspecified atom stereocenters. The van der Waals surface area contributed by atoms with Gasteiger partial charge < -0.3 is 4.90 Å². The van der Waals surface area contributed by atoms with E-state index in [1.807, 2.05) is 12.3 Å². The van der Waals surface area contributed by atoms with Crippen LogP contribution in [0, 0.1) is 0 Å². The Morgan fingerprint density at radius 3 is 2.59 bits per heavy atom. The highest BCUT2D eigenvalue weighted by Gasteiger charge is 2.26. The molecule has 1 aromatic carbocycles. The molecule has 86 valence electrons. The van der Waals surface area contributed by atoms with Gasteiger partial charge in [0.1, 0.15) is 0 Å². The molecule has 0 bridgehead atoms. The van der Waals surface area contributed by atoms with Crippen molar-refractivity contribution in [2.75, 3.05) is 11.4 Å². The molecule has 1 saturated heterocycles. The van der Waals surface area contributed by atoms with Crippen LogP contribution < -0.4 is 4.90 Å². The lowest BCUT2D eigenvalue weighted by atomic mass is 10.1. The normalized spacial score (nSPS) is 19.5. The molecule has 2 heterocycles. The first-order valence-electron chi connectivity index (χ1n) is 6.18. The van der Waals surface area contributed by atoms with Crippen molar-refractivity contribution in [3.63, 3.8) is 0 Å². The highest BCUT2D eigenvalue weighted by atomic mass is 15.2. The summed E-state index contributed by atoms with van der Waals surface area (Å²) in [7, 11) is 0. The van der Waals surface area contributed by atoms with Crippen molar-refractivity contribution in [3.8, 4) is 0 Å². The van der Waals surface area contributed by atoms with E-state index in [0.717, 1.165) is 6.54 Å². The van der Waals surface area contributed by atoms with E-state index in [-0.39, 0.29) is 0 Å². The highest BCUT2D eigenvalue weighted by molar-refractivity contribution is 5.49. The molecular formula is C15H16N2. The predicted octanol–water partition coefficient (Wildman–Crippen LogP) is 3.42. The molecule has 1 aliphatic heterocycles. The zero-order valence-corrected chi connectivity index (χ0v) is 9.79. The third-order valence-electron chi connectivity index (χ3n) is 3.37. The maximum absolute atomic E-state index is 4.49. The van der Waals surface area contributed by atoms with E-state index in [1.165, 1.54) is 24.2 Å². The molecule has 2 nitrogen and oxygen atoms in total. The fourth-order valence-electron chi connectivity index (χ4n) is 2.58. The molecule has 1 atom stereocenters. The van der Waals surface area contributed by atoms with E-state index in [1.54, 1.807) is 0 Å². The number of hydrogen-bond acceptors (Lipinski definition) is 2. The summed E-state index contributed by atoms with van der Waals surface area (Å²) in [6.07, 6.45) is 4.33. The molecule has 1 aliphatic rings. The van der Waals surface area contributed by atoms with Gasteiger partial charge in [-0.25, -0.2) is 0 Å². The second kappa shape index (κ2) is 4.58. The molecule has 0 spiro atoms. The van der Waals surface area contributed by atoms with E-state index in [0.29, 0.717) is 6.04 Å². The second-order valence-electron chi connectivity index (χ2n) is 4.44. The lowest BCUT2D eigenvalue weighted by Gasteiger charge is -2.26. The third kappa shape index (κ3) is 2.03. The van der Waals surface area contributed by atoms with Crippen LogP contribution in [0.1, 0.15) is 24.6 Å². The number of hydrogen-bond donors (Lipinski definition) is 0. The Bertz CT molecular complexity index is 421. The van der Waals surface area contributed by atoms with Crippen molar-refractivity contribution in [2.24, 2.45) is 0 Å². The number of aromatic nitrogens is 1. The summed E-state index contributed by atoms with van der Waals surface area (Å²) in [5.74, 6) is 0. The Hall–Kier alpha value is -1.83. The summed E-state index contributed by atoms with van der Waals surface area (Å²) in [6.45, 7) is 1.13. The van der Waals surface area contributed by atoms with Crippen LogP contribution in [0.2, 0.25) is 0 Å². The van der Waals surface area contributed by atoms with Gasteiger partial charge in [0.25, 0.3) is 0 Å². The topological polar surface area (TPSA) is 16.1 Å². The smallest absolute Gasteiger partial charge is 0.0714 e. The average molecular weight is 224 g/mol. The van der Waals surface area contributed by atoms with E-state index in [4.69, 9.17) is 0 Å². The molecule has 0 N–H and O–H groups in total. The maximum Gasteiger partial charge on any atom is 0.0714 e. The molecule has 1 fully saturated rings. The molecular weight excluding hydrogens is 208 g/mol. The number of anilines is 1. The van der Waals surface area contributed by atoms with Crippen molar-refractivity contribution in [2.45, 2.75) is 18.9 Å². The zero-order valence-electron chi connectivity index (χ0n) is 9.79. The molecule has 3 rings (SSSR count). The summed E-state index contributed by atoms with van der Waals surface area (Å²) in [4.78, 5) is 6.96. The molecule has 0 aliphatic carbocycles. The summed E-state index contributed by atoms with van der Waals surface area (Å²) in [6, 6.07) is 17.3. The Labute approximate surface area is 102 Å². The Morgan fingerprint density at radius 1 is 1.00 bits per heavy atom. The molecule has 2 aromatic rings. The maximum atomic E-state index is 4.49. The van der Waals surface area contributed by atoms with Crippen molar-refractivity contribution in [1.29, 1.82) is 0 Å². The second-order valence-corrected chi connectivity index (χ2v) is 4.44. The average Bonchev–Trinajstić information content (AvgIpc) is 2.90. The third-order valence-corrected chi connectivity index (χ3v) is 3.37. The van der Waals surface area contributed by atoms with Gasteiger partial charge in [-0.3, -0.25) is 4.98 Å². The molecule has 0 amide bonds. The van der Waals surface area contributed by atoms with Crippen LogP contribution in [0.25, 0.3) is 0 Å². The minimum absolute atomic E-state index is 0.443. The highest BCUT2D eigenvalue weighted by Crippen LogP contribution is 2.34. The standard InChI is InChI=1S/C15H16N2/c1-2-7-13(8-3-1)17-12-6-10-15(17)14-9-4-5-11-16-14/h1-5,7-9,11,15H,6,10,12H2/t15-/m0/s1. The quantitative estimate of drug-likeness (QED) is 0.777. The summed E-state index contributed by atoms with van der Waals surface area (Å²) >= 11 is 0. The van der Waals surface area contributed by atoms with Crippen molar-refractivity contribution in [3.05, 3.63) is 60.4 Å². The van der Waals surface area contributed by atoms with Gasteiger partial charge in [-0.1, -0.05) is 24.3 Å². The first kappa shape index (κ1) is 10.3. The van der Waals surface area contributed by atoms with Gasteiger partial charge in [-0.15, -0.1) is 0 Å². The minimum atomic E-state index is 0.443. The zero-order chi connectivity index (χ0) is 11.5. The van der Waals surface area contributed by atoms with Crippen LogP contribution in [0.3, 0.4) is 0 Å². The summed E-state index contributed by atoms with van der Waals surface area (Å²) < 4.78 is 0. The number of pyridine rings is 1. The van der Waals surface area contributed by atoms with Crippen LogP contribution in [-0.4, -0.2) is 11.5 Å². The predicted molar refractivity (Wildman–Crippen MR) is 70.0 cm³/mol.